The quantitative estimate of drug-likeness (QED) is 0.796. The van der Waals surface area contributed by atoms with Crippen molar-refractivity contribution in [1.82, 2.24) is 14.9 Å². The fourth-order valence-electron chi connectivity index (χ4n) is 2.09. The third-order valence-electron chi connectivity index (χ3n) is 3.13. The van der Waals surface area contributed by atoms with Crippen molar-refractivity contribution in [3.63, 3.8) is 0 Å². The molecule has 1 aromatic heterocycles. The first-order chi connectivity index (χ1) is 9.60. The van der Waals surface area contributed by atoms with E-state index in [0.717, 1.165) is 5.75 Å². The average Bonchev–Trinajstić information content (AvgIpc) is 2.44. The van der Waals surface area contributed by atoms with E-state index in [2.05, 4.69) is 9.97 Å². The van der Waals surface area contributed by atoms with Crippen LogP contribution in [0.1, 0.15) is 6.92 Å². The van der Waals surface area contributed by atoms with Gasteiger partial charge in [0, 0.05) is 32.2 Å². The average molecular weight is 297 g/mol. The van der Waals surface area contributed by atoms with E-state index in [1.165, 1.54) is 6.07 Å². The first kappa shape index (κ1) is 14.7. The van der Waals surface area contributed by atoms with Gasteiger partial charge in [0.25, 0.3) is 5.56 Å². The smallest absolute Gasteiger partial charge is 0.254 e. The van der Waals surface area contributed by atoms with E-state index in [9.17, 15) is 9.59 Å². The maximum Gasteiger partial charge on any atom is 0.254 e. The van der Waals surface area contributed by atoms with Crippen LogP contribution in [0, 0.1) is 0 Å². The topological polar surface area (TPSA) is 95.3 Å². The van der Waals surface area contributed by atoms with Gasteiger partial charge in [0.05, 0.1) is 5.75 Å². The lowest BCUT2D eigenvalue weighted by atomic mass is 10.3. The summed E-state index contributed by atoms with van der Waals surface area (Å²) in [6.07, 6.45) is 0. The second-order valence-electron chi connectivity index (χ2n) is 4.49. The summed E-state index contributed by atoms with van der Waals surface area (Å²) < 4.78 is 0. The Hall–Kier alpha value is -1.70. The third-order valence-corrected chi connectivity index (χ3v) is 3.99. The largest absolute Gasteiger partial charge is 0.369 e. The fraction of sp³-hybridized carbons (Fsp3) is 0.583. The van der Waals surface area contributed by atoms with E-state index in [-0.39, 0.29) is 17.4 Å². The predicted octanol–water partition coefficient (Wildman–Crippen LogP) is -0.246. The van der Waals surface area contributed by atoms with Gasteiger partial charge in [0.2, 0.25) is 11.9 Å². The van der Waals surface area contributed by atoms with Gasteiger partial charge in [0.1, 0.15) is 5.82 Å². The molecule has 0 aliphatic carbocycles. The van der Waals surface area contributed by atoms with Crippen LogP contribution >= 0.6 is 11.8 Å². The van der Waals surface area contributed by atoms with Crippen LogP contribution in [0.15, 0.2) is 10.9 Å². The van der Waals surface area contributed by atoms with Crippen molar-refractivity contribution in [2.45, 2.75) is 6.92 Å². The minimum atomic E-state index is -0.259. The number of nitrogen functional groups attached to an aromatic ring is 1. The minimum absolute atomic E-state index is 0.116. The highest BCUT2D eigenvalue weighted by molar-refractivity contribution is 7.99. The number of nitrogens with two attached hydrogens (primary N) is 1. The lowest BCUT2D eigenvalue weighted by molar-refractivity contribution is -0.128. The van der Waals surface area contributed by atoms with Crippen LogP contribution in [0.4, 0.5) is 11.8 Å². The van der Waals surface area contributed by atoms with Crippen LogP contribution in [-0.2, 0) is 4.79 Å². The highest BCUT2D eigenvalue weighted by atomic mass is 32.2. The number of carbonyl (C=O) groups excluding carboxylic acids is 1. The van der Waals surface area contributed by atoms with E-state index in [1.807, 2.05) is 16.7 Å². The van der Waals surface area contributed by atoms with E-state index in [1.54, 1.807) is 11.8 Å². The molecule has 2 rings (SSSR count). The Morgan fingerprint density at radius 2 is 2.15 bits per heavy atom. The second-order valence-corrected chi connectivity index (χ2v) is 5.77. The maximum absolute atomic E-state index is 11.9. The number of carbonyl (C=O) groups is 1. The number of H-pyrrole nitrogens is 1. The van der Waals surface area contributed by atoms with Gasteiger partial charge in [-0.25, -0.2) is 0 Å². The van der Waals surface area contributed by atoms with Crippen molar-refractivity contribution in [2.75, 3.05) is 48.3 Å². The minimum Gasteiger partial charge on any atom is -0.369 e. The summed E-state index contributed by atoms with van der Waals surface area (Å²) in [5.41, 5.74) is 5.28. The Morgan fingerprint density at radius 1 is 1.45 bits per heavy atom. The number of nitrogens with zero attached hydrogens (tertiary/aromatic N) is 3. The van der Waals surface area contributed by atoms with Gasteiger partial charge in [-0.15, -0.1) is 0 Å². The number of thioether (sulfide) groups is 1. The van der Waals surface area contributed by atoms with Crippen LogP contribution in [0.5, 0.6) is 0 Å². The first-order valence-electron chi connectivity index (χ1n) is 6.57. The molecule has 1 aliphatic heterocycles. The third kappa shape index (κ3) is 3.66. The molecular formula is C12H19N5O2S. The number of amides is 1. The molecule has 0 aromatic carbocycles. The van der Waals surface area contributed by atoms with Crippen LogP contribution in [0.3, 0.4) is 0 Å². The van der Waals surface area contributed by atoms with Gasteiger partial charge in [-0.2, -0.15) is 16.7 Å². The van der Waals surface area contributed by atoms with Gasteiger partial charge in [0.15, 0.2) is 0 Å². The first-order valence-corrected chi connectivity index (χ1v) is 7.73. The maximum atomic E-state index is 11.9. The number of aromatic nitrogens is 2. The monoisotopic (exact) mass is 297 g/mol. The summed E-state index contributed by atoms with van der Waals surface area (Å²) in [5.74, 6) is 2.34. The predicted molar refractivity (Wildman–Crippen MR) is 81.1 cm³/mol. The zero-order valence-corrected chi connectivity index (χ0v) is 12.3. The van der Waals surface area contributed by atoms with Crippen molar-refractivity contribution in [3.8, 4) is 0 Å². The molecule has 0 bridgehead atoms. The van der Waals surface area contributed by atoms with Crippen molar-refractivity contribution >= 4 is 29.4 Å². The molecule has 3 N–H and O–H groups in total. The molecule has 2 heterocycles. The summed E-state index contributed by atoms with van der Waals surface area (Å²) in [5, 5.41) is 0. The number of aromatic amines is 1. The molecule has 0 atom stereocenters. The van der Waals surface area contributed by atoms with Crippen molar-refractivity contribution in [1.29, 1.82) is 0 Å². The molecule has 0 unspecified atom stereocenters. The van der Waals surface area contributed by atoms with Gasteiger partial charge in [-0.1, -0.05) is 6.92 Å². The number of nitrogens with one attached hydrogen (secondary N) is 1. The van der Waals surface area contributed by atoms with Crippen LogP contribution in [0.2, 0.25) is 0 Å². The molecular weight excluding hydrogens is 278 g/mol. The molecule has 8 heteroatoms. The van der Waals surface area contributed by atoms with E-state index < -0.39 is 0 Å². The molecule has 0 radical (unpaired) electrons. The number of piperazine rings is 1. The number of hydrogen-bond acceptors (Lipinski definition) is 6. The second kappa shape index (κ2) is 6.65. The standard InChI is InChI=1S/C12H19N5O2S/c1-2-20-8-11(19)17-5-3-16(4-6-17)9-7-10(18)15-12(13)14-9/h7H,2-6,8H2,1H3,(H3,13,14,15,18). The zero-order chi connectivity index (χ0) is 14.5. The summed E-state index contributed by atoms with van der Waals surface area (Å²) in [7, 11) is 0. The van der Waals surface area contributed by atoms with Gasteiger partial charge >= 0.3 is 0 Å². The van der Waals surface area contributed by atoms with Crippen molar-refractivity contribution < 1.29 is 4.79 Å². The molecule has 7 nitrogen and oxygen atoms in total. The zero-order valence-electron chi connectivity index (χ0n) is 11.5. The van der Waals surface area contributed by atoms with Gasteiger partial charge in [-0.05, 0) is 5.75 Å². The van der Waals surface area contributed by atoms with Gasteiger partial charge < -0.3 is 15.5 Å². The lowest BCUT2D eigenvalue weighted by Crippen LogP contribution is -2.49. The Morgan fingerprint density at radius 3 is 2.75 bits per heavy atom. The molecule has 1 fully saturated rings. The Bertz CT molecular complexity index is 525. The summed E-state index contributed by atoms with van der Waals surface area (Å²) in [4.78, 5) is 33.6. The Kier molecular flexibility index (Phi) is 4.89. The fourth-order valence-corrected chi connectivity index (χ4v) is 2.65. The van der Waals surface area contributed by atoms with Crippen molar-refractivity contribution in [3.05, 3.63) is 16.4 Å². The van der Waals surface area contributed by atoms with Crippen LogP contribution in [0.25, 0.3) is 0 Å². The summed E-state index contributed by atoms with van der Waals surface area (Å²) in [6.45, 7) is 4.67. The van der Waals surface area contributed by atoms with Crippen LogP contribution in [-0.4, -0.2) is 58.5 Å². The summed E-state index contributed by atoms with van der Waals surface area (Å²) >= 11 is 1.63. The summed E-state index contributed by atoms with van der Waals surface area (Å²) in [6, 6.07) is 1.43. The van der Waals surface area contributed by atoms with E-state index in [4.69, 9.17) is 5.73 Å². The molecule has 0 spiro atoms. The molecule has 1 amide bonds. The van der Waals surface area contributed by atoms with Crippen molar-refractivity contribution in [2.24, 2.45) is 0 Å². The normalized spacial score (nSPS) is 15.4. The molecule has 110 valence electrons. The number of rotatable bonds is 4. The Balaban J connectivity index is 1.94. The molecule has 20 heavy (non-hydrogen) atoms. The number of hydrogen-bond donors (Lipinski definition) is 2. The Labute approximate surface area is 121 Å². The molecule has 1 aliphatic rings. The number of anilines is 2. The highest BCUT2D eigenvalue weighted by Crippen LogP contribution is 2.13. The van der Waals surface area contributed by atoms with Gasteiger partial charge in [-0.3, -0.25) is 14.6 Å². The molecule has 1 saturated heterocycles. The molecule has 0 saturated carbocycles. The highest BCUT2D eigenvalue weighted by Gasteiger charge is 2.21. The lowest BCUT2D eigenvalue weighted by Gasteiger charge is -2.35. The van der Waals surface area contributed by atoms with E-state index >= 15 is 0 Å². The molecule has 1 aromatic rings. The van der Waals surface area contributed by atoms with E-state index in [0.29, 0.717) is 37.7 Å². The van der Waals surface area contributed by atoms with Crippen LogP contribution < -0.4 is 16.2 Å². The SMILES string of the molecule is CCSCC(=O)N1CCN(c2cc(=O)[nH]c(N)n2)CC1.